The fourth-order valence-electron chi connectivity index (χ4n) is 2.01. The molecule has 0 aromatic heterocycles. The van der Waals surface area contributed by atoms with Gasteiger partial charge in [-0.3, -0.25) is 9.05 Å². The van der Waals surface area contributed by atoms with E-state index in [-0.39, 0.29) is 23.5 Å². The van der Waals surface area contributed by atoms with Crippen molar-refractivity contribution in [3.05, 3.63) is 40.4 Å². The summed E-state index contributed by atoms with van der Waals surface area (Å²) in [6.07, 6.45) is 0.403. The zero-order valence-electron chi connectivity index (χ0n) is 13.2. The van der Waals surface area contributed by atoms with Gasteiger partial charge in [0.2, 0.25) is 0 Å². The molecule has 0 radical (unpaired) electrons. The van der Waals surface area contributed by atoms with Gasteiger partial charge in [0.05, 0.1) is 22.8 Å². The molecule has 2 aromatic rings. The average molecular weight is 377 g/mol. The van der Waals surface area contributed by atoms with Gasteiger partial charge in [-0.1, -0.05) is 54.4 Å². The van der Waals surface area contributed by atoms with Crippen LogP contribution in [0.4, 0.5) is 0 Å². The van der Waals surface area contributed by atoms with Crippen molar-refractivity contribution in [1.29, 1.82) is 0 Å². The zero-order valence-corrected chi connectivity index (χ0v) is 15.6. The first-order valence-electron chi connectivity index (χ1n) is 7.39. The molecule has 0 bridgehead atoms. The van der Waals surface area contributed by atoms with Gasteiger partial charge < -0.3 is 4.52 Å². The molecule has 0 saturated heterocycles. The van der Waals surface area contributed by atoms with Crippen molar-refractivity contribution < 1.29 is 18.1 Å². The number of hydrogen-bond acceptors (Lipinski definition) is 4. The summed E-state index contributed by atoms with van der Waals surface area (Å²) in [5, 5.41) is 2.14. The van der Waals surface area contributed by atoms with Crippen LogP contribution in [0.25, 0.3) is 10.8 Å². The van der Waals surface area contributed by atoms with E-state index in [4.69, 9.17) is 36.8 Å². The van der Waals surface area contributed by atoms with Crippen LogP contribution in [0, 0.1) is 0 Å². The monoisotopic (exact) mass is 376 g/mol. The SMILES string of the molecule is CCOP(=O)(Oc1c(Cl)cc(Cl)c2ccccc12)OC(C)CC. The third-order valence-electron chi connectivity index (χ3n) is 3.27. The Morgan fingerprint density at radius 1 is 1.13 bits per heavy atom. The zero-order chi connectivity index (χ0) is 17.0. The summed E-state index contributed by atoms with van der Waals surface area (Å²) in [5.74, 6) is 0.242. The third kappa shape index (κ3) is 4.40. The topological polar surface area (TPSA) is 44.8 Å². The molecule has 4 nitrogen and oxygen atoms in total. The quantitative estimate of drug-likeness (QED) is 0.518. The number of benzene rings is 2. The predicted octanol–water partition coefficient (Wildman–Crippen LogP) is 6.49. The predicted molar refractivity (Wildman–Crippen MR) is 94.7 cm³/mol. The van der Waals surface area contributed by atoms with Gasteiger partial charge in [-0.25, -0.2) is 4.57 Å². The van der Waals surface area contributed by atoms with Crippen molar-refractivity contribution in [1.82, 2.24) is 0 Å². The van der Waals surface area contributed by atoms with Gasteiger partial charge in [-0.05, 0) is 26.3 Å². The maximum atomic E-state index is 12.9. The molecule has 126 valence electrons. The highest BCUT2D eigenvalue weighted by Gasteiger charge is 2.32. The number of phosphoric ester groups is 1. The van der Waals surface area contributed by atoms with Crippen LogP contribution >= 0.6 is 31.0 Å². The third-order valence-corrected chi connectivity index (χ3v) is 5.47. The summed E-state index contributed by atoms with van der Waals surface area (Å²) in [4.78, 5) is 0. The first-order chi connectivity index (χ1) is 10.9. The molecule has 7 heteroatoms. The van der Waals surface area contributed by atoms with Crippen molar-refractivity contribution in [2.75, 3.05) is 6.61 Å². The van der Waals surface area contributed by atoms with Crippen molar-refractivity contribution in [3.8, 4) is 5.75 Å². The molecule has 0 saturated carbocycles. The van der Waals surface area contributed by atoms with E-state index >= 15 is 0 Å². The molecular formula is C16H19Cl2O4P. The van der Waals surface area contributed by atoms with Gasteiger partial charge in [0.25, 0.3) is 0 Å². The molecule has 2 atom stereocenters. The minimum Gasteiger partial charge on any atom is -0.402 e. The number of halogens is 2. The highest BCUT2D eigenvalue weighted by molar-refractivity contribution is 7.49. The van der Waals surface area contributed by atoms with Gasteiger partial charge in [0.15, 0.2) is 5.75 Å². The number of fused-ring (bicyclic) bond motifs is 1. The maximum Gasteiger partial charge on any atom is 0.530 e. The van der Waals surface area contributed by atoms with Crippen LogP contribution in [0.3, 0.4) is 0 Å². The number of phosphoric acid groups is 1. The largest absolute Gasteiger partial charge is 0.530 e. The highest BCUT2D eigenvalue weighted by atomic mass is 35.5. The Morgan fingerprint density at radius 3 is 2.39 bits per heavy atom. The van der Waals surface area contributed by atoms with Gasteiger partial charge in [-0.2, -0.15) is 0 Å². The normalized spacial score (nSPS) is 15.3. The van der Waals surface area contributed by atoms with E-state index in [0.29, 0.717) is 16.8 Å². The fraction of sp³-hybridized carbons (Fsp3) is 0.375. The Bertz CT molecular complexity index is 735. The second kappa shape index (κ2) is 7.87. The van der Waals surface area contributed by atoms with Crippen LogP contribution in [-0.4, -0.2) is 12.7 Å². The Labute approximate surface area is 146 Å². The minimum atomic E-state index is -3.79. The molecule has 0 aliphatic heterocycles. The molecule has 0 aliphatic carbocycles. The van der Waals surface area contributed by atoms with Gasteiger partial charge in [0.1, 0.15) is 0 Å². The van der Waals surface area contributed by atoms with Gasteiger partial charge in [-0.15, -0.1) is 0 Å². The number of hydrogen-bond donors (Lipinski definition) is 0. The maximum absolute atomic E-state index is 12.9. The van der Waals surface area contributed by atoms with E-state index in [1.807, 2.05) is 25.1 Å². The smallest absolute Gasteiger partial charge is 0.402 e. The van der Waals surface area contributed by atoms with E-state index in [2.05, 4.69) is 0 Å². The lowest BCUT2D eigenvalue weighted by atomic mass is 10.1. The van der Waals surface area contributed by atoms with Crippen LogP contribution in [-0.2, 0) is 13.6 Å². The number of rotatable bonds is 7. The first kappa shape index (κ1) is 18.6. The highest BCUT2D eigenvalue weighted by Crippen LogP contribution is 2.54. The summed E-state index contributed by atoms with van der Waals surface area (Å²) in [6, 6.07) is 8.86. The average Bonchev–Trinajstić information content (AvgIpc) is 2.51. The van der Waals surface area contributed by atoms with E-state index < -0.39 is 7.82 Å². The lowest BCUT2D eigenvalue weighted by molar-refractivity contribution is 0.120. The second-order valence-corrected chi connectivity index (χ2v) is 7.36. The van der Waals surface area contributed by atoms with Gasteiger partial charge >= 0.3 is 7.82 Å². The van der Waals surface area contributed by atoms with Crippen LogP contribution in [0.5, 0.6) is 5.75 Å². The molecule has 2 unspecified atom stereocenters. The molecule has 0 N–H and O–H groups in total. The van der Waals surface area contributed by atoms with Crippen molar-refractivity contribution in [2.24, 2.45) is 0 Å². The van der Waals surface area contributed by atoms with Crippen molar-refractivity contribution in [2.45, 2.75) is 33.3 Å². The molecule has 0 heterocycles. The molecular weight excluding hydrogens is 358 g/mol. The summed E-state index contributed by atoms with van der Waals surface area (Å²) >= 11 is 12.4. The molecule has 0 spiro atoms. The molecule has 2 aromatic carbocycles. The fourth-order valence-corrected chi connectivity index (χ4v) is 4.12. The Hall–Kier alpha value is -0.770. The van der Waals surface area contributed by atoms with Crippen LogP contribution < -0.4 is 4.52 Å². The lowest BCUT2D eigenvalue weighted by Gasteiger charge is -2.22. The van der Waals surface area contributed by atoms with Crippen LogP contribution in [0.15, 0.2) is 30.3 Å². The van der Waals surface area contributed by atoms with Crippen molar-refractivity contribution in [3.63, 3.8) is 0 Å². The summed E-state index contributed by atoms with van der Waals surface area (Å²) in [7, 11) is -3.79. The van der Waals surface area contributed by atoms with E-state index in [0.717, 1.165) is 5.39 Å². The Kier molecular flexibility index (Phi) is 6.35. The van der Waals surface area contributed by atoms with Crippen LogP contribution in [0.1, 0.15) is 27.2 Å². The van der Waals surface area contributed by atoms with Crippen molar-refractivity contribution >= 4 is 41.8 Å². The summed E-state index contributed by atoms with van der Waals surface area (Å²) in [5.41, 5.74) is 0. The summed E-state index contributed by atoms with van der Waals surface area (Å²) in [6.45, 7) is 5.64. The van der Waals surface area contributed by atoms with E-state index in [1.54, 1.807) is 26.0 Å². The minimum absolute atomic E-state index is 0.191. The second-order valence-electron chi connectivity index (χ2n) is 5.00. The molecule has 0 aliphatic rings. The van der Waals surface area contributed by atoms with Gasteiger partial charge in [0, 0.05) is 10.8 Å². The Balaban J connectivity index is 2.48. The molecule has 0 fully saturated rings. The first-order valence-corrected chi connectivity index (χ1v) is 9.61. The van der Waals surface area contributed by atoms with E-state index in [1.165, 1.54) is 0 Å². The molecule has 23 heavy (non-hydrogen) atoms. The van der Waals surface area contributed by atoms with E-state index in [9.17, 15) is 4.57 Å². The molecule has 0 amide bonds. The standard InChI is InChI=1S/C16H19Cl2O4P/c1-4-11(3)21-23(19,20-5-2)22-16-13-9-7-6-8-12(13)14(17)10-15(16)18/h6-11H,4-5H2,1-3H3. The lowest BCUT2D eigenvalue weighted by Crippen LogP contribution is -2.10. The Morgan fingerprint density at radius 2 is 1.78 bits per heavy atom. The van der Waals surface area contributed by atoms with Crippen LogP contribution in [0.2, 0.25) is 10.0 Å². The molecule has 2 rings (SSSR count). The summed E-state index contributed by atoms with van der Waals surface area (Å²) < 4.78 is 29.3.